The minimum absolute atomic E-state index is 0.134. The Balaban J connectivity index is 1.62. The molecule has 1 aliphatic rings. The monoisotopic (exact) mass is 347 g/mol. The lowest BCUT2D eigenvalue weighted by atomic mass is 9.96. The van der Waals surface area contributed by atoms with E-state index >= 15 is 0 Å². The van der Waals surface area contributed by atoms with Crippen LogP contribution in [0.15, 0.2) is 28.8 Å². The van der Waals surface area contributed by atoms with E-state index < -0.39 is 6.10 Å². The maximum atomic E-state index is 13.0. The van der Waals surface area contributed by atoms with Crippen molar-refractivity contribution in [2.24, 2.45) is 0 Å². The average Bonchev–Trinajstić information content (AvgIpc) is 3.18. The molecule has 1 aromatic carbocycles. The number of aliphatic hydroxyl groups is 1. The summed E-state index contributed by atoms with van der Waals surface area (Å²) in [7, 11) is 0. The van der Waals surface area contributed by atoms with Gasteiger partial charge in [-0.15, -0.1) is 0 Å². The van der Waals surface area contributed by atoms with Crippen LogP contribution in [0.25, 0.3) is 0 Å². The van der Waals surface area contributed by atoms with E-state index in [0.29, 0.717) is 24.7 Å². The molecular weight excluding hydrogens is 321 g/mol. The zero-order chi connectivity index (χ0) is 18.0. The summed E-state index contributed by atoms with van der Waals surface area (Å²) in [5, 5.41) is 14.5. The summed E-state index contributed by atoms with van der Waals surface area (Å²) in [5.41, 5.74) is 0.617. The third-order valence-electron chi connectivity index (χ3n) is 4.73. The predicted octanol–water partition coefficient (Wildman–Crippen LogP) is 3.59. The number of aliphatic hydroxyl groups excluding tert-OH is 1. The first-order valence-corrected chi connectivity index (χ1v) is 8.83. The second-order valence-corrected chi connectivity index (χ2v) is 7.83. The van der Waals surface area contributed by atoms with Crippen LogP contribution in [0.5, 0.6) is 0 Å². The molecule has 6 heteroatoms. The van der Waals surface area contributed by atoms with Gasteiger partial charge in [-0.05, 0) is 43.5 Å². The van der Waals surface area contributed by atoms with Crippen LogP contribution in [-0.4, -0.2) is 32.7 Å². The van der Waals surface area contributed by atoms with E-state index in [-0.39, 0.29) is 17.3 Å². The Bertz CT molecular complexity index is 693. The van der Waals surface area contributed by atoms with Crippen molar-refractivity contribution in [2.75, 3.05) is 6.54 Å². The molecule has 1 fully saturated rings. The Hall–Kier alpha value is -1.79. The molecule has 2 heterocycles. The number of benzene rings is 1. The van der Waals surface area contributed by atoms with Gasteiger partial charge in [0.15, 0.2) is 5.82 Å². The van der Waals surface area contributed by atoms with E-state index in [0.717, 1.165) is 24.9 Å². The molecule has 3 rings (SSSR count). The van der Waals surface area contributed by atoms with Crippen molar-refractivity contribution in [1.82, 2.24) is 15.0 Å². The molecule has 5 nitrogen and oxygen atoms in total. The van der Waals surface area contributed by atoms with Crippen LogP contribution in [0.2, 0.25) is 0 Å². The molecule has 0 radical (unpaired) electrons. The number of hydrogen-bond donors (Lipinski definition) is 1. The first-order chi connectivity index (χ1) is 11.8. The van der Waals surface area contributed by atoms with Gasteiger partial charge in [0.1, 0.15) is 5.82 Å². The van der Waals surface area contributed by atoms with Crippen molar-refractivity contribution < 1.29 is 14.0 Å². The number of hydrogen-bond acceptors (Lipinski definition) is 5. The van der Waals surface area contributed by atoms with E-state index in [1.54, 1.807) is 12.1 Å². The summed E-state index contributed by atoms with van der Waals surface area (Å²) < 4.78 is 18.4. The molecular formula is C19H26FN3O2. The SMILES string of the molecule is CC(C)(C)c1noc(CN2CCC[C@@H]2C[C@@H](O)c2ccc(F)cc2)n1. The first-order valence-electron chi connectivity index (χ1n) is 8.83. The molecule has 136 valence electrons. The molecule has 1 aromatic heterocycles. The van der Waals surface area contributed by atoms with Crippen LogP contribution in [0.3, 0.4) is 0 Å². The summed E-state index contributed by atoms with van der Waals surface area (Å²) in [6, 6.07) is 6.32. The maximum Gasteiger partial charge on any atom is 0.240 e. The second-order valence-electron chi connectivity index (χ2n) is 7.83. The van der Waals surface area contributed by atoms with Gasteiger partial charge in [0.2, 0.25) is 5.89 Å². The molecule has 25 heavy (non-hydrogen) atoms. The van der Waals surface area contributed by atoms with Gasteiger partial charge in [0.25, 0.3) is 0 Å². The van der Waals surface area contributed by atoms with Crippen molar-refractivity contribution in [3.8, 4) is 0 Å². The molecule has 0 amide bonds. The van der Waals surface area contributed by atoms with Crippen LogP contribution in [0.1, 0.15) is 63.4 Å². The molecule has 0 saturated carbocycles. The lowest BCUT2D eigenvalue weighted by Gasteiger charge is -2.25. The van der Waals surface area contributed by atoms with Gasteiger partial charge in [-0.1, -0.05) is 38.1 Å². The quantitative estimate of drug-likeness (QED) is 0.895. The lowest BCUT2D eigenvalue weighted by Crippen LogP contribution is -2.30. The molecule has 2 aromatic rings. The third-order valence-corrected chi connectivity index (χ3v) is 4.73. The predicted molar refractivity (Wildman–Crippen MR) is 92.4 cm³/mol. The Labute approximate surface area is 147 Å². The number of likely N-dealkylation sites (tertiary alicyclic amines) is 1. The van der Waals surface area contributed by atoms with Gasteiger partial charge in [-0.3, -0.25) is 4.90 Å². The Morgan fingerprint density at radius 2 is 2.04 bits per heavy atom. The lowest BCUT2D eigenvalue weighted by molar-refractivity contribution is 0.112. The summed E-state index contributed by atoms with van der Waals surface area (Å²) in [5.74, 6) is 1.04. The van der Waals surface area contributed by atoms with Crippen molar-refractivity contribution in [1.29, 1.82) is 0 Å². The van der Waals surface area contributed by atoms with Gasteiger partial charge in [-0.2, -0.15) is 4.98 Å². The van der Waals surface area contributed by atoms with Crippen molar-refractivity contribution in [3.63, 3.8) is 0 Å². The second kappa shape index (κ2) is 7.22. The average molecular weight is 347 g/mol. The molecule has 1 aliphatic heterocycles. The summed E-state index contributed by atoms with van der Waals surface area (Å²) in [6.45, 7) is 7.72. The van der Waals surface area contributed by atoms with Crippen molar-refractivity contribution in [2.45, 2.75) is 64.1 Å². The van der Waals surface area contributed by atoms with Crippen LogP contribution < -0.4 is 0 Å². The summed E-state index contributed by atoms with van der Waals surface area (Å²) in [4.78, 5) is 6.79. The Morgan fingerprint density at radius 3 is 2.68 bits per heavy atom. The summed E-state index contributed by atoms with van der Waals surface area (Å²) in [6.07, 6.45) is 2.13. The topological polar surface area (TPSA) is 62.4 Å². The van der Waals surface area contributed by atoms with Gasteiger partial charge in [-0.25, -0.2) is 4.39 Å². The number of nitrogens with zero attached hydrogens (tertiary/aromatic N) is 3. The smallest absolute Gasteiger partial charge is 0.240 e. The highest BCUT2D eigenvalue weighted by molar-refractivity contribution is 5.18. The molecule has 0 aliphatic carbocycles. The molecule has 0 unspecified atom stereocenters. The van der Waals surface area contributed by atoms with Crippen LogP contribution in [0.4, 0.5) is 4.39 Å². The molecule has 1 N–H and O–H groups in total. The fraction of sp³-hybridized carbons (Fsp3) is 0.579. The number of aromatic nitrogens is 2. The third kappa shape index (κ3) is 4.44. The molecule has 1 saturated heterocycles. The molecule has 0 bridgehead atoms. The van der Waals surface area contributed by atoms with E-state index in [1.165, 1.54) is 12.1 Å². The normalized spacial score (nSPS) is 20.1. The zero-order valence-corrected chi connectivity index (χ0v) is 15.1. The highest BCUT2D eigenvalue weighted by Gasteiger charge is 2.29. The zero-order valence-electron chi connectivity index (χ0n) is 15.1. The van der Waals surface area contributed by atoms with Crippen LogP contribution in [-0.2, 0) is 12.0 Å². The fourth-order valence-electron chi connectivity index (χ4n) is 3.25. The largest absolute Gasteiger partial charge is 0.388 e. The van der Waals surface area contributed by atoms with Crippen molar-refractivity contribution in [3.05, 3.63) is 47.4 Å². The minimum atomic E-state index is -0.598. The van der Waals surface area contributed by atoms with Crippen LogP contribution in [0, 0.1) is 5.82 Å². The summed E-state index contributed by atoms with van der Waals surface area (Å²) >= 11 is 0. The first kappa shape index (κ1) is 18.0. The van der Waals surface area contributed by atoms with Crippen molar-refractivity contribution >= 4 is 0 Å². The highest BCUT2D eigenvalue weighted by Crippen LogP contribution is 2.29. The highest BCUT2D eigenvalue weighted by atomic mass is 19.1. The Kier molecular flexibility index (Phi) is 5.20. The van der Waals surface area contributed by atoms with Gasteiger partial charge in [0, 0.05) is 11.5 Å². The van der Waals surface area contributed by atoms with E-state index in [9.17, 15) is 9.50 Å². The fourth-order valence-corrected chi connectivity index (χ4v) is 3.25. The number of halogens is 1. The van der Waals surface area contributed by atoms with Gasteiger partial charge >= 0.3 is 0 Å². The van der Waals surface area contributed by atoms with Gasteiger partial charge in [0.05, 0.1) is 12.6 Å². The van der Waals surface area contributed by atoms with E-state index in [1.807, 2.05) is 0 Å². The Morgan fingerprint density at radius 1 is 1.32 bits per heavy atom. The molecule has 0 spiro atoms. The van der Waals surface area contributed by atoms with Crippen LogP contribution >= 0.6 is 0 Å². The molecule has 2 atom stereocenters. The van der Waals surface area contributed by atoms with E-state index in [2.05, 4.69) is 35.8 Å². The maximum absolute atomic E-state index is 13.0. The van der Waals surface area contributed by atoms with Gasteiger partial charge < -0.3 is 9.63 Å². The van der Waals surface area contributed by atoms with E-state index in [4.69, 9.17) is 4.52 Å². The number of rotatable bonds is 5. The minimum Gasteiger partial charge on any atom is -0.388 e. The standard InChI is InChI=1S/C19H26FN3O2/c1-19(2,3)18-21-17(25-22-18)12-23-10-4-5-15(23)11-16(24)13-6-8-14(20)9-7-13/h6-9,15-16,24H,4-5,10-12H2,1-3H3/t15-,16-/m1/s1.